The Morgan fingerprint density at radius 3 is 2.95 bits per heavy atom. The van der Waals surface area contributed by atoms with E-state index >= 15 is 0 Å². The zero-order chi connectivity index (χ0) is 13.2. The molecule has 0 bridgehead atoms. The van der Waals surface area contributed by atoms with Crippen LogP contribution in [0.15, 0.2) is 22.7 Å². The monoisotopic (exact) mass is 257 g/mol. The van der Waals surface area contributed by atoms with Crippen LogP contribution >= 0.6 is 0 Å². The first-order valence-corrected chi connectivity index (χ1v) is 6.86. The summed E-state index contributed by atoms with van der Waals surface area (Å²) in [4.78, 5) is 4.19. The molecule has 1 aromatic heterocycles. The molecule has 1 N–H and O–H groups in total. The molecule has 4 nitrogen and oxygen atoms in total. The van der Waals surface area contributed by atoms with Gasteiger partial charge in [0.25, 0.3) is 0 Å². The van der Waals surface area contributed by atoms with E-state index in [9.17, 15) is 0 Å². The van der Waals surface area contributed by atoms with Crippen LogP contribution in [-0.2, 0) is 19.4 Å². The van der Waals surface area contributed by atoms with Gasteiger partial charge in [-0.25, -0.2) is 0 Å². The Bertz CT molecular complexity index is 577. The van der Waals surface area contributed by atoms with Gasteiger partial charge in [0.15, 0.2) is 5.82 Å². The first-order chi connectivity index (χ1) is 9.22. The minimum absolute atomic E-state index is 0.290. The van der Waals surface area contributed by atoms with Crippen LogP contribution in [0.1, 0.15) is 47.8 Å². The third-order valence-electron chi connectivity index (χ3n) is 3.75. The zero-order valence-corrected chi connectivity index (χ0v) is 11.4. The van der Waals surface area contributed by atoms with Gasteiger partial charge in [-0.3, -0.25) is 0 Å². The number of nitrogens with one attached hydrogen (secondary N) is 1. The summed E-state index contributed by atoms with van der Waals surface area (Å²) in [5.74, 6) is 1.33. The van der Waals surface area contributed by atoms with Crippen LogP contribution in [0.25, 0.3) is 0 Å². The maximum Gasteiger partial charge on any atom is 0.240 e. The summed E-state index contributed by atoms with van der Waals surface area (Å²) in [6.45, 7) is 4.61. The maximum atomic E-state index is 5.10. The van der Waals surface area contributed by atoms with E-state index in [0.29, 0.717) is 18.3 Å². The van der Waals surface area contributed by atoms with Gasteiger partial charge in [-0.15, -0.1) is 0 Å². The Kier molecular flexibility index (Phi) is 3.34. The Morgan fingerprint density at radius 2 is 2.16 bits per heavy atom. The molecule has 1 aliphatic carbocycles. The van der Waals surface area contributed by atoms with E-state index in [1.807, 2.05) is 6.92 Å². The molecule has 1 aliphatic rings. The van der Waals surface area contributed by atoms with Gasteiger partial charge in [0.05, 0.1) is 6.54 Å². The van der Waals surface area contributed by atoms with E-state index in [2.05, 4.69) is 40.6 Å². The molecule has 1 unspecified atom stereocenters. The molecule has 3 rings (SSSR count). The quantitative estimate of drug-likeness (QED) is 0.915. The van der Waals surface area contributed by atoms with Crippen molar-refractivity contribution in [2.24, 2.45) is 0 Å². The molecule has 0 aliphatic heterocycles. The molecule has 1 atom stereocenters. The standard InChI is InChI=1S/C15H19N3O/c1-10(16-9-15-17-11(2)18-19-15)13-7-6-12-4-3-5-14(12)8-13/h6-8,10,16H,3-5,9H2,1-2H3. The summed E-state index contributed by atoms with van der Waals surface area (Å²) < 4.78 is 5.10. The number of rotatable bonds is 4. The summed E-state index contributed by atoms with van der Waals surface area (Å²) in [5, 5.41) is 7.21. The molecule has 100 valence electrons. The molecule has 1 heterocycles. The lowest BCUT2D eigenvalue weighted by molar-refractivity contribution is 0.357. The van der Waals surface area contributed by atoms with Crippen molar-refractivity contribution in [2.75, 3.05) is 0 Å². The number of fused-ring (bicyclic) bond motifs is 1. The molecule has 0 spiro atoms. The summed E-state index contributed by atoms with van der Waals surface area (Å²) in [6.07, 6.45) is 3.75. The van der Waals surface area contributed by atoms with Crippen LogP contribution in [0, 0.1) is 6.92 Å². The first-order valence-electron chi connectivity index (χ1n) is 6.86. The highest BCUT2D eigenvalue weighted by Gasteiger charge is 2.13. The van der Waals surface area contributed by atoms with Crippen LogP contribution in [0.2, 0.25) is 0 Å². The third kappa shape index (κ3) is 2.68. The van der Waals surface area contributed by atoms with Crippen molar-refractivity contribution < 1.29 is 4.52 Å². The van der Waals surface area contributed by atoms with Crippen molar-refractivity contribution in [2.45, 2.75) is 45.7 Å². The number of benzene rings is 1. The molecule has 0 radical (unpaired) electrons. The van der Waals surface area contributed by atoms with Crippen molar-refractivity contribution in [3.63, 3.8) is 0 Å². The second kappa shape index (κ2) is 5.13. The summed E-state index contributed by atoms with van der Waals surface area (Å²) in [6, 6.07) is 7.12. The summed E-state index contributed by atoms with van der Waals surface area (Å²) in [7, 11) is 0. The van der Waals surface area contributed by atoms with Crippen LogP contribution in [0.3, 0.4) is 0 Å². The van der Waals surface area contributed by atoms with E-state index in [1.54, 1.807) is 0 Å². The second-order valence-electron chi connectivity index (χ2n) is 5.22. The Balaban J connectivity index is 1.65. The van der Waals surface area contributed by atoms with Crippen LogP contribution in [0.4, 0.5) is 0 Å². The fourth-order valence-electron chi connectivity index (χ4n) is 2.63. The largest absolute Gasteiger partial charge is 0.338 e. The summed E-state index contributed by atoms with van der Waals surface area (Å²) >= 11 is 0. The lowest BCUT2D eigenvalue weighted by atomic mass is 10.0. The third-order valence-corrected chi connectivity index (χ3v) is 3.75. The molecule has 0 fully saturated rings. The number of hydrogen-bond acceptors (Lipinski definition) is 4. The maximum absolute atomic E-state index is 5.10. The van der Waals surface area contributed by atoms with Crippen molar-refractivity contribution in [3.8, 4) is 0 Å². The Hall–Kier alpha value is -1.68. The van der Waals surface area contributed by atoms with Gasteiger partial charge in [-0.05, 0) is 49.8 Å². The number of nitrogens with zero attached hydrogens (tertiary/aromatic N) is 2. The molecule has 0 saturated carbocycles. The number of aryl methyl sites for hydroxylation is 3. The Morgan fingerprint density at radius 1 is 1.32 bits per heavy atom. The SMILES string of the molecule is Cc1noc(CNC(C)c2ccc3c(c2)CCC3)n1. The van der Waals surface area contributed by atoms with Crippen molar-refractivity contribution >= 4 is 0 Å². The summed E-state index contributed by atoms with van der Waals surface area (Å²) in [5.41, 5.74) is 4.36. The van der Waals surface area contributed by atoms with Gasteiger partial charge in [-0.2, -0.15) is 4.98 Å². The van der Waals surface area contributed by atoms with Crippen LogP contribution in [0.5, 0.6) is 0 Å². The first kappa shape index (κ1) is 12.4. The molecule has 2 aromatic rings. The van der Waals surface area contributed by atoms with E-state index in [1.165, 1.54) is 36.0 Å². The van der Waals surface area contributed by atoms with Crippen LogP contribution < -0.4 is 5.32 Å². The van der Waals surface area contributed by atoms with Crippen LogP contribution in [-0.4, -0.2) is 10.1 Å². The minimum atomic E-state index is 0.290. The number of hydrogen-bond donors (Lipinski definition) is 1. The van der Waals surface area contributed by atoms with Gasteiger partial charge in [0.1, 0.15) is 0 Å². The van der Waals surface area contributed by atoms with E-state index < -0.39 is 0 Å². The molecule has 0 saturated heterocycles. The minimum Gasteiger partial charge on any atom is -0.338 e. The van der Waals surface area contributed by atoms with Gasteiger partial charge >= 0.3 is 0 Å². The highest BCUT2D eigenvalue weighted by Crippen LogP contribution is 2.25. The Labute approximate surface area is 113 Å². The molecule has 19 heavy (non-hydrogen) atoms. The highest BCUT2D eigenvalue weighted by atomic mass is 16.5. The molecule has 1 aromatic carbocycles. The second-order valence-corrected chi connectivity index (χ2v) is 5.22. The van der Waals surface area contributed by atoms with Crippen molar-refractivity contribution in [1.82, 2.24) is 15.5 Å². The predicted molar refractivity (Wildman–Crippen MR) is 72.8 cm³/mol. The fourth-order valence-corrected chi connectivity index (χ4v) is 2.63. The average Bonchev–Trinajstić information content (AvgIpc) is 3.03. The molecule has 0 amide bonds. The van der Waals surface area contributed by atoms with Gasteiger partial charge in [0.2, 0.25) is 5.89 Å². The van der Waals surface area contributed by atoms with Gasteiger partial charge in [0, 0.05) is 6.04 Å². The van der Waals surface area contributed by atoms with E-state index in [-0.39, 0.29) is 6.04 Å². The smallest absolute Gasteiger partial charge is 0.240 e. The van der Waals surface area contributed by atoms with Crippen molar-refractivity contribution in [1.29, 1.82) is 0 Å². The number of aromatic nitrogens is 2. The fraction of sp³-hybridized carbons (Fsp3) is 0.467. The predicted octanol–water partition coefficient (Wildman–Crippen LogP) is 2.72. The van der Waals surface area contributed by atoms with E-state index in [0.717, 1.165) is 0 Å². The van der Waals surface area contributed by atoms with Crippen molar-refractivity contribution in [3.05, 3.63) is 46.6 Å². The topological polar surface area (TPSA) is 51.0 Å². The molecular weight excluding hydrogens is 238 g/mol. The average molecular weight is 257 g/mol. The van der Waals surface area contributed by atoms with E-state index in [4.69, 9.17) is 4.52 Å². The normalized spacial score (nSPS) is 15.5. The zero-order valence-electron chi connectivity index (χ0n) is 11.4. The van der Waals surface area contributed by atoms with Gasteiger partial charge in [-0.1, -0.05) is 23.4 Å². The lowest BCUT2D eigenvalue weighted by Crippen LogP contribution is -2.18. The molecule has 4 heteroatoms. The molecular formula is C15H19N3O. The van der Waals surface area contributed by atoms with Gasteiger partial charge < -0.3 is 9.84 Å². The lowest BCUT2D eigenvalue weighted by Gasteiger charge is -2.14. The highest BCUT2D eigenvalue weighted by molar-refractivity contribution is 5.36.